The number of rotatable bonds is 6. The Balaban J connectivity index is 3.46. The predicted octanol–water partition coefficient (Wildman–Crippen LogP) is 0.317. The van der Waals surface area contributed by atoms with Crippen molar-refractivity contribution in [2.45, 2.75) is 4.90 Å². The van der Waals surface area contributed by atoms with Gasteiger partial charge in [0.2, 0.25) is 10.0 Å². The first-order valence-corrected chi connectivity index (χ1v) is 6.91. The molecular weight excluding hydrogens is 298 g/mol. The second-order valence-electron chi connectivity index (χ2n) is 3.41. The maximum absolute atomic E-state index is 11.9. The van der Waals surface area contributed by atoms with Crippen LogP contribution < -0.4 is 9.46 Å². The lowest BCUT2D eigenvalue weighted by Gasteiger charge is -2.13. The summed E-state index contributed by atoms with van der Waals surface area (Å²) in [5.74, 6) is -1.68. The summed E-state index contributed by atoms with van der Waals surface area (Å²) in [6.07, 6.45) is 0. The van der Waals surface area contributed by atoms with Crippen LogP contribution in [0.15, 0.2) is 17.0 Å². The molecule has 0 saturated carbocycles. The van der Waals surface area contributed by atoms with Crippen LogP contribution in [0, 0.1) is 0 Å². The predicted molar refractivity (Wildman–Crippen MR) is 67.2 cm³/mol. The topological polar surface area (TPSA) is 113 Å². The van der Waals surface area contributed by atoms with Crippen molar-refractivity contribution in [2.75, 3.05) is 20.3 Å². The van der Waals surface area contributed by atoms with Crippen molar-refractivity contribution in [3.05, 3.63) is 22.7 Å². The van der Waals surface area contributed by atoms with Gasteiger partial charge in [-0.15, -0.1) is 0 Å². The molecule has 0 amide bonds. The number of hydrogen-bond acceptors (Lipinski definition) is 5. The van der Waals surface area contributed by atoms with Crippen molar-refractivity contribution >= 4 is 27.6 Å². The van der Waals surface area contributed by atoms with Crippen LogP contribution >= 0.6 is 11.6 Å². The minimum absolute atomic E-state index is 0.0532. The van der Waals surface area contributed by atoms with E-state index in [0.717, 1.165) is 19.2 Å². The lowest BCUT2D eigenvalue weighted by atomic mass is 10.2. The monoisotopic (exact) mass is 309 g/mol. The maximum atomic E-state index is 11.9. The van der Waals surface area contributed by atoms with Crippen LogP contribution in [-0.2, 0) is 10.0 Å². The van der Waals surface area contributed by atoms with Crippen LogP contribution in [0.25, 0.3) is 0 Å². The zero-order valence-electron chi connectivity index (χ0n) is 9.88. The Morgan fingerprint density at radius 2 is 2.11 bits per heavy atom. The van der Waals surface area contributed by atoms with Crippen molar-refractivity contribution in [3.8, 4) is 5.75 Å². The molecule has 0 aliphatic rings. The molecule has 0 spiro atoms. The van der Waals surface area contributed by atoms with Crippen LogP contribution in [0.4, 0.5) is 0 Å². The number of carboxylic acid groups (broad SMARTS) is 1. The van der Waals surface area contributed by atoms with Crippen molar-refractivity contribution < 1.29 is 28.2 Å². The zero-order valence-corrected chi connectivity index (χ0v) is 11.5. The average Bonchev–Trinajstić information content (AvgIpc) is 2.35. The molecule has 0 unspecified atom stereocenters. The summed E-state index contributed by atoms with van der Waals surface area (Å²) in [7, 11) is -2.87. The Morgan fingerprint density at radius 1 is 1.47 bits per heavy atom. The van der Waals surface area contributed by atoms with Gasteiger partial charge in [0.05, 0.1) is 13.7 Å². The molecule has 9 heteroatoms. The molecule has 1 aromatic carbocycles. The van der Waals surface area contributed by atoms with E-state index in [9.17, 15) is 13.2 Å². The molecule has 19 heavy (non-hydrogen) atoms. The number of carbonyl (C=O) groups is 1. The summed E-state index contributed by atoms with van der Waals surface area (Å²) in [6, 6.07) is 2.17. The number of hydrogen-bond donors (Lipinski definition) is 3. The number of aromatic carboxylic acids is 1. The van der Waals surface area contributed by atoms with Gasteiger partial charge in [0.15, 0.2) is 5.75 Å². The molecule has 3 N–H and O–H groups in total. The van der Waals surface area contributed by atoms with Gasteiger partial charge in [0.1, 0.15) is 10.5 Å². The lowest BCUT2D eigenvalue weighted by molar-refractivity contribution is 0.0693. The van der Waals surface area contributed by atoms with Crippen molar-refractivity contribution in [3.63, 3.8) is 0 Å². The molecule has 0 fully saturated rings. The van der Waals surface area contributed by atoms with E-state index in [1.807, 2.05) is 0 Å². The standard InChI is InChI=1S/C10H12ClNO6S/c1-18-9-7(10(14)15)4-6(11)5-8(9)19(16,17)12-2-3-13/h4-5,12-13H,2-3H2,1H3,(H,14,15). The minimum Gasteiger partial charge on any atom is -0.494 e. The molecule has 0 aromatic heterocycles. The fourth-order valence-corrected chi connectivity index (χ4v) is 2.91. The van der Waals surface area contributed by atoms with Crippen molar-refractivity contribution in [2.24, 2.45) is 0 Å². The molecule has 7 nitrogen and oxygen atoms in total. The number of sulfonamides is 1. The van der Waals surface area contributed by atoms with Gasteiger partial charge >= 0.3 is 5.97 Å². The van der Waals surface area contributed by atoms with E-state index < -0.39 is 27.5 Å². The Hall–Kier alpha value is -1.35. The van der Waals surface area contributed by atoms with E-state index in [4.69, 9.17) is 26.6 Å². The second kappa shape index (κ2) is 6.20. The van der Waals surface area contributed by atoms with E-state index in [1.54, 1.807) is 0 Å². The summed E-state index contributed by atoms with van der Waals surface area (Å²) in [5.41, 5.74) is -0.362. The van der Waals surface area contributed by atoms with Crippen molar-refractivity contribution in [1.82, 2.24) is 4.72 Å². The Kier molecular flexibility index (Phi) is 5.12. The largest absolute Gasteiger partial charge is 0.494 e. The molecule has 0 aliphatic carbocycles. The number of benzene rings is 1. The van der Waals surface area contributed by atoms with Crippen LogP contribution in [0.5, 0.6) is 5.75 Å². The highest BCUT2D eigenvalue weighted by molar-refractivity contribution is 7.89. The van der Waals surface area contributed by atoms with E-state index in [2.05, 4.69) is 4.72 Å². The van der Waals surface area contributed by atoms with Gasteiger partial charge in [-0.1, -0.05) is 11.6 Å². The SMILES string of the molecule is COc1c(C(=O)O)cc(Cl)cc1S(=O)(=O)NCCO. The number of methoxy groups -OCH3 is 1. The van der Waals surface area contributed by atoms with Crippen LogP contribution in [0.3, 0.4) is 0 Å². The first-order chi connectivity index (χ1) is 8.83. The van der Waals surface area contributed by atoms with Crippen LogP contribution in [-0.4, -0.2) is 44.9 Å². The number of carboxylic acids is 1. The molecule has 0 bridgehead atoms. The maximum Gasteiger partial charge on any atom is 0.339 e. The number of aliphatic hydroxyl groups excluding tert-OH is 1. The number of aliphatic hydroxyl groups is 1. The summed E-state index contributed by atoms with van der Waals surface area (Å²) in [5, 5.41) is 17.6. The molecule has 0 saturated heterocycles. The van der Waals surface area contributed by atoms with E-state index >= 15 is 0 Å². The van der Waals surface area contributed by atoms with Gasteiger partial charge in [-0.2, -0.15) is 0 Å². The molecular formula is C10H12ClNO6S. The highest BCUT2D eigenvalue weighted by Gasteiger charge is 2.25. The third-order valence-electron chi connectivity index (χ3n) is 2.15. The highest BCUT2D eigenvalue weighted by Crippen LogP contribution is 2.31. The fourth-order valence-electron chi connectivity index (χ4n) is 1.40. The Morgan fingerprint density at radius 3 is 2.58 bits per heavy atom. The van der Waals surface area contributed by atoms with Crippen molar-refractivity contribution in [1.29, 1.82) is 0 Å². The van der Waals surface area contributed by atoms with Gasteiger partial charge in [-0.05, 0) is 12.1 Å². The Bertz CT molecular complexity index is 586. The molecule has 1 rings (SSSR count). The minimum atomic E-state index is -4.03. The zero-order chi connectivity index (χ0) is 14.6. The summed E-state index contributed by atoms with van der Waals surface area (Å²) in [4.78, 5) is 10.6. The van der Waals surface area contributed by atoms with Gasteiger partial charge in [-0.3, -0.25) is 0 Å². The van der Waals surface area contributed by atoms with Gasteiger partial charge in [0.25, 0.3) is 0 Å². The first kappa shape index (κ1) is 15.7. The van der Waals surface area contributed by atoms with Crippen LogP contribution in [0.2, 0.25) is 5.02 Å². The molecule has 106 valence electrons. The number of halogens is 1. The first-order valence-electron chi connectivity index (χ1n) is 5.05. The lowest BCUT2D eigenvalue weighted by Crippen LogP contribution is -2.27. The molecule has 0 atom stereocenters. The summed E-state index contributed by atoms with van der Waals surface area (Å²) in [6.45, 7) is -0.603. The van der Waals surface area contributed by atoms with Gasteiger partial charge in [-0.25, -0.2) is 17.9 Å². The van der Waals surface area contributed by atoms with Gasteiger partial charge < -0.3 is 14.9 Å². The molecule has 0 aliphatic heterocycles. The summed E-state index contributed by atoms with van der Waals surface area (Å²) >= 11 is 5.70. The highest BCUT2D eigenvalue weighted by atomic mass is 35.5. The van der Waals surface area contributed by atoms with Gasteiger partial charge in [0, 0.05) is 11.6 Å². The fraction of sp³-hybridized carbons (Fsp3) is 0.300. The third kappa shape index (κ3) is 3.57. The Labute approximate surface area is 114 Å². The molecule has 0 heterocycles. The number of nitrogens with one attached hydrogen (secondary N) is 1. The molecule has 1 aromatic rings. The molecule has 0 radical (unpaired) electrons. The van der Waals surface area contributed by atoms with Crippen LogP contribution in [0.1, 0.15) is 10.4 Å². The smallest absolute Gasteiger partial charge is 0.339 e. The summed E-state index contributed by atoms with van der Waals surface area (Å²) < 4.78 is 30.8. The van der Waals surface area contributed by atoms with E-state index in [0.29, 0.717) is 0 Å². The third-order valence-corrected chi connectivity index (χ3v) is 3.83. The number of ether oxygens (including phenoxy) is 1. The normalized spacial score (nSPS) is 11.3. The second-order valence-corrected chi connectivity index (χ2v) is 5.58. The van der Waals surface area contributed by atoms with E-state index in [1.165, 1.54) is 0 Å². The quantitative estimate of drug-likeness (QED) is 0.697. The van der Waals surface area contributed by atoms with E-state index in [-0.39, 0.29) is 22.9 Å². The average molecular weight is 310 g/mol.